The fourth-order valence-corrected chi connectivity index (χ4v) is 2.11. The van der Waals surface area contributed by atoms with Gasteiger partial charge in [-0.05, 0) is 18.7 Å². The van der Waals surface area contributed by atoms with Crippen LogP contribution in [0, 0.1) is 0 Å². The second kappa shape index (κ2) is 5.98. The van der Waals surface area contributed by atoms with Crippen LogP contribution >= 0.6 is 15.9 Å². The van der Waals surface area contributed by atoms with Crippen LogP contribution < -0.4 is 5.32 Å². The fourth-order valence-electron chi connectivity index (χ4n) is 1.70. The minimum atomic E-state index is 0.855. The average Bonchev–Trinajstić information content (AvgIpc) is 2.77. The Morgan fingerprint density at radius 2 is 2.18 bits per heavy atom. The molecule has 0 amide bonds. The standard InChI is InChI=1S/C13H16BrN3/c1-15-7-6-12-9-17(10-16-12)8-11-4-2-3-5-13(11)14/h2-5,9-10,15H,6-8H2,1H3. The Morgan fingerprint density at radius 3 is 2.94 bits per heavy atom. The zero-order valence-electron chi connectivity index (χ0n) is 9.86. The summed E-state index contributed by atoms with van der Waals surface area (Å²) in [5.41, 5.74) is 2.40. The highest BCUT2D eigenvalue weighted by Gasteiger charge is 2.02. The number of halogens is 1. The van der Waals surface area contributed by atoms with Gasteiger partial charge in [-0.1, -0.05) is 34.1 Å². The highest BCUT2D eigenvalue weighted by molar-refractivity contribution is 9.10. The molecule has 1 aromatic carbocycles. The Balaban J connectivity index is 2.04. The second-order valence-corrected chi connectivity index (χ2v) is 4.84. The van der Waals surface area contributed by atoms with Crippen LogP contribution in [0.25, 0.3) is 0 Å². The number of nitrogens with zero attached hydrogens (tertiary/aromatic N) is 2. The van der Waals surface area contributed by atoms with E-state index in [-0.39, 0.29) is 0 Å². The number of hydrogen-bond acceptors (Lipinski definition) is 2. The molecule has 1 N–H and O–H groups in total. The van der Waals surface area contributed by atoms with Gasteiger partial charge in [0.2, 0.25) is 0 Å². The minimum absolute atomic E-state index is 0.855. The third kappa shape index (κ3) is 3.41. The Hall–Kier alpha value is -1.13. The normalized spacial score (nSPS) is 10.7. The molecule has 0 bridgehead atoms. The summed E-state index contributed by atoms with van der Waals surface area (Å²) in [7, 11) is 1.96. The SMILES string of the molecule is CNCCc1cn(Cc2ccccc2Br)cn1. The summed E-state index contributed by atoms with van der Waals surface area (Å²) in [6.45, 7) is 1.82. The number of rotatable bonds is 5. The van der Waals surface area contributed by atoms with E-state index in [9.17, 15) is 0 Å². The van der Waals surface area contributed by atoms with Crippen molar-refractivity contribution in [3.05, 3.63) is 52.5 Å². The van der Waals surface area contributed by atoms with Gasteiger partial charge in [-0.15, -0.1) is 0 Å². The zero-order valence-corrected chi connectivity index (χ0v) is 11.4. The number of hydrogen-bond donors (Lipinski definition) is 1. The molecule has 0 spiro atoms. The summed E-state index contributed by atoms with van der Waals surface area (Å²) in [5.74, 6) is 0. The van der Waals surface area contributed by atoms with Crippen molar-refractivity contribution in [2.45, 2.75) is 13.0 Å². The summed E-state index contributed by atoms with van der Waals surface area (Å²) in [4.78, 5) is 4.39. The smallest absolute Gasteiger partial charge is 0.0952 e. The lowest BCUT2D eigenvalue weighted by Gasteiger charge is -2.04. The molecule has 4 heteroatoms. The van der Waals surface area contributed by atoms with Crippen molar-refractivity contribution in [2.75, 3.05) is 13.6 Å². The molecule has 3 nitrogen and oxygen atoms in total. The first-order valence-corrected chi connectivity index (χ1v) is 6.47. The Morgan fingerprint density at radius 1 is 1.35 bits per heavy atom. The van der Waals surface area contributed by atoms with Crippen molar-refractivity contribution in [2.24, 2.45) is 0 Å². The van der Waals surface area contributed by atoms with Crippen molar-refractivity contribution in [1.29, 1.82) is 0 Å². The summed E-state index contributed by atoms with van der Waals surface area (Å²) in [6.07, 6.45) is 4.97. The molecule has 0 unspecified atom stereocenters. The molecule has 0 aliphatic rings. The average molecular weight is 294 g/mol. The van der Waals surface area contributed by atoms with Crippen LogP contribution in [-0.2, 0) is 13.0 Å². The van der Waals surface area contributed by atoms with E-state index < -0.39 is 0 Å². The molecule has 0 saturated heterocycles. The minimum Gasteiger partial charge on any atom is -0.333 e. The number of likely N-dealkylation sites (N-methyl/N-ethyl adjacent to an activating group) is 1. The largest absolute Gasteiger partial charge is 0.333 e. The Kier molecular flexibility index (Phi) is 4.34. The zero-order chi connectivity index (χ0) is 12.1. The van der Waals surface area contributed by atoms with E-state index >= 15 is 0 Å². The van der Waals surface area contributed by atoms with Gasteiger partial charge in [-0.3, -0.25) is 0 Å². The summed E-state index contributed by atoms with van der Waals surface area (Å²) >= 11 is 3.56. The maximum absolute atomic E-state index is 4.39. The molecule has 90 valence electrons. The van der Waals surface area contributed by atoms with Crippen molar-refractivity contribution in [1.82, 2.24) is 14.9 Å². The molecule has 1 aromatic heterocycles. The van der Waals surface area contributed by atoms with Crippen LogP contribution in [0.15, 0.2) is 41.3 Å². The fraction of sp³-hybridized carbons (Fsp3) is 0.308. The lowest BCUT2D eigenvalue weighted by atomic mass is 10.2. The third-order valence-corrected chi connectivity index (χ3v) is 3.40. The van der Waals surface area contributed by atoms with Crippen molar-refractivity contribution < 1.29 is 0 Å². The molecule has 0 aliphatic heterocycles. The van der Waals surface area contributed by atoms with Crippen LogP contribution in [-0.4, -0.2) is 23.1 Å². The molecule has 1 heterocycles. The maximum Gasteiger partial charge on any atom is 0.0952 e. The van der Waals surface area contributed by atoms with Gasteiger partial charge in [0.05, 0.1) is 12.0 Å². The van der Waals surface area contributed by atoms with E-state index in [2.05, 4.69) is 55.2 Å². The van der Waals surface area contributed by atoms with Gasteiger partial charge in [0.15, 0.2) is 0 Å². The number of benzene rings is 1. The van der Waals surface area contributed by atoms with Crippen molar-refractivity contribution in [3.8, 4) is 0 Å². The number of imidazole rings is 1. The van der Waals surface area contributed by atoms with Gasteiger partial charge >= 0.3 is 0 Å². The molecule has 0 atom stereocenters. The number of aromatic nitrogens is 2. The molecule has 0 radical (unpaired) electrons. The van der Waals surface area contributed by atoms with Crippen LogP contribution in [0.3, 0.4) is 0 Å². The topological polar surface area (TPSA) is 29.9 Å². The Labute approximate surface area is 110 Å². The first-order valence-electron chi connectivity index (χ1n) is 5.68. The van der Waals surface area contributed by atoms with Crippen LogP contribution in [0.2, 0.25) is 0 Å². The lowest BCUT2D eigenvalue weighted by molar-refractivity contribution is 0.773. The molecule has 2 rings (SSSR count). The summed E-state index contributed by atoms with van der Waals surface area (Å²) < 4.78 is 3.26. The molecule has 0 saturated carbocycles. The van der Waals surface area contributed by atoms with Gasteiger partial charge in [0.25, 0.3) is 0 Å². The monoisotopic (exact) mass is 293 g/mol. The lowest BCUT2D eigenvalue weighted by Crippen LogP contribution is -2.10. The van der Waals surface area contributed by atoms with E-state index in [4.69, 9.17) is 0 Å². The van der Waals surface area contributed by atoms with Gasteiger partial charge in [-0.2, -0.15) is 0 Å². The molecular formula is C13H16BrN3. The third-order valence-electron chi connectivity index (χ3n) is 2.63. The molecule has 0 aliphatic carbocycles. The first-order chi connectivity index (χ1) is 8.29. The van der Waals surface area contributed by atoms with Gasteiger partial charge < -0.3 is 9.88 Å². The van der Waals surface area contributed by atoms with Gasteiger partial charge in [0, 0.05) is 30.2 Å². The van der Waals surface area contributed by atoms with E-state index in [1.807, 2.05) is 19.4 Å². The molecule has 0 fully saturated rings. The second-order valence-electron chi connectivity index (χ2n) is 3.98. The van der Waals surface area contributed by atoms with Crippen LogP contribution in [0.5, 0.6) is 0 Å². The van der Waals surface area contributed by atoms with E-state index in [0.29, 0.717) is 0 Å². The predicted octanol–water partition coefficient (Wildman–Crippen LogP) is 2.46. The summed E-state index contributed by atoms with van der Waals surface area (Å²) in [6, 6.07) is 8.27. The summed E-state index contributed by atoms with van der Waals surface area (Å²) in [5, 5.41) is 3.13. The maximum atomic E-state index is 4.39. The van der Waals surface area contributed by atoms with Crippen molar-refractivity contribution >= 4 is 15.9 Å². The molecule has 17 heavy (non-hydrogen) atoms. The van der Waals surface area contributed by atoms with Crippen LogP contribution in [0.4, 0.5) is 0 Å². The Bertz CT molecular complexity index is 479. The van der Waals surface area contributed by atoms with Crippen LogP contribution in [0.1, 0.15) is 11.3 Å². The van der Waals surface area contributed by atoms with Gasteiger partial charge in [0.1, 0.15) is 0 Å². The molecule has 2 aromatic rings. The quantitative estimate of drug-likeness (QED) is 0.918. The predicted molar refractivity (Wildman–Crippen MR) is 73.1 cm³/mol. The van der Waals surface area contributed by atoms with Gasteiger partial charge in [-0.25, -0.2) is 4.98 Å². The highest BCUT2D eigenvalue weighted by atomic mass is 79.9. The van der Waals surface area contributed by atoms with E-state index in [1.54, 1.807) is 0 Å². The highest BCUT2D eigenvalue weighted by Crippen LogP contribution is 2.17. The van der Waals surface area contributed by atoms with Crippen molar-refractivity contribution in [3.63, 3.8) is 0 Å². The number of nitrogens with one attached hydrogen (secondary N) is 1. The van der Waals surface area contributed by atoms with E-state index in [0.717, 1.165) is 29.7 Å². The van der Waals surface area contributed by atoms with E-state index in [1.165, 1.54) is 5.56 Å². The molecular weight excluding hydrogens is 278 g/mol. The first kappa shape index (κ1) is 12.3.